The summed E-state index contributed by atoms with van der Waals surface area (Å²) in [5.41, 5.74) is 0. The first kappa shape index (κ1) is 33.2. The Morgan fingerprint density at radius 2 is 0.861 bits per heavy atom. The molecule has 1 rings (SSSR count). The highest BCUT2D eigenvalue weighted by molar-refractivity contribution is 4.84. The van der Waals surface area contributed by atoms with E-state index in [2.05, 4.69) is 42.3 Å². The molecule has 212 valence electrons. The van der Waals surface area contributed by atoms with Gasteiger partial charge in [0.15, 0.2) is 0 Å². The molecule has 2 heteroatoms. The standard InChI is InChI=1S/C34H67N2/c1-4-7-10-13-15-17-18-20-22-25-28-31-36-33-32-35(30-27-24-12-9-6-3)34(36)29-26-23-21-19-16-14-11-8-5-2/h32-33H,4-31H2,1-3H3/q+1. The third-order valence-electron chi connectivity index (χ3n) is 8.10. The molecule has 0 aliphatic heterocycles. The highest BCUT2D eigenvalue weighted by Crippen LogP contribution is 2.14. The van der Waals surface area contributed by atoms with Crippen LogP contribution in [0.1, 0.15) is 187 Å². The quantitative estimate of drug-likeness (QED) is 0.0794. The maximum absolute atomic E-state index is 2.62. The van der Waals surface area contributed by atoms with Gasteiger partial charge in [-0.2, -0.15) is 0 Å². The number of nitrogens with zero attached hydrogens (tertiary/aromatic N) is 2. The van der Waals surface area contributed by atoms with Crippen molar-refractivity contribution in [2.24, 2.45) is 0 Å². The number of unbranched alkanes of at least 4 members (excludes halogenated alkanes) is 22. The molecule has 0 atom stereocenters. The van der Waals surface area contributed by atoms with Gasteiger partial charge in [-0.15, -0.1) is 0 Å². The van der Waals surface area contributed by atoms with Crippen molar-refractivity contribution >= 4 is 0 Å². The van der Waals surface area contributed by atoms with Crippen LogP contribution in [0.25, 0.3) is 0 Å². The van der Waals surface area contributed by atoms with Crippen LogP contribution in [0.2, 0.25) is 0 Å². The molecular weight excluding hydrogens is 436 g/mol. The van der Waals surface area contributed by atoms with Crippen LogP contribution in [0.3, 0.4) is 0 Å². The van der Waals surface area contributed by atoms with Gasteiger partial charge in [-0.25, -0.2) is 9.13 Å². The van der Waals surface area contributed by atoms with Gasteiger partial charge < -0.3 is 0 Å². The lowest BCUT2D eigenvalue weighted by Gasteiger charge is -2.07. The first-order valence-electron chi connectivity index (χ1n) is 16.9. The fourth-order valence-electron chi connectivity index (χ4n) is 5.62. The zero-order chi connectivity index (χ0) is 25.9. The smallest absolute Gasteiger partial charge is 0.234 e. The summed E-state index contributed by atoms with van der Waals surface area (Å²) in [5, 5.41) is 0. The molecule has 0 N–H and O–H groups in total. The van der Waals surface area contributed by atoms with Crippen molar-refractivity contribution in [1.29, 1.82) is 0 Å². The van der Waals surface area contributed by atoms with Crippen molar-refractivity contribution in [3.05, 3.63) is 18.2 Å². The zero-order valence-corrected chi connectivity index (χ0v) is 25.3. The lowest BCUT2D eigenvalue weighted by molar-refractivity contribution is -0.704. The number of hydrogen-bond acceptors (Lipinski definition) is 0. The van der Waals surface area contributed by atoms with Crippen molar-refractivity contribution in [1.82, 2.24) is 4.57 Å². The molecule has 0 bridgehead atoms. The van der Waals surface area contributed by atoms with Crippen LogP contribution in [0.4, 0.5) is 0 Å². The molecule has 0 aromatic carbocycles. The van der Waals surface area contributed by atoms with E-state index in [1.807, 2.05) is 0 Å². The maximum Gasteiger partial charge on any atom is 0.256 e. The van der Waals surface area contributed by atoms with E-state index in [-0.39, 0.29) is 0 Å². The molecule has 0 saturated heterocycles. The Labute approximate surface area is 228 Å². The maximum atomic E-state index is 2.62. The molecule has 0 fully saturated rings. The Bertz CT molecular complexity index is 562. The van der Waals surface area contributed by atoms with Crippen molar-refractivity contribution in [3.63, 3.8) is 0 Å². The van der Waals surface area contributed by atoms with Gasteiger partial charge in [0.05, 0.1) is 13.1 Å². The predicted molar refractivity (Wildman–Crippen MR) is 161 cm³/mol. The first-order valence-corrected chi connectivity index (χ1v) is 16.9. The van der Waals surface area contributed by atoms with Gasteiger partial charge in [-0.3, -0.25) is 0 Å². The van der Waals surface area contributed by atoms with E-state index in [0.29, 0.717) is 0 Å². The first-order chi connectivity index (χ1) is 17.8. The van der Waals surface area contributed by atoms with Gasteiger partial charge in [0.1, 0.15) is 12.4 Å². The molecule has 0 aliphatic carbocycles. The predicted octanol–water partition coefficient (Wildman–Crippen LogP) is 11.1. The van der Waals surface area contributed by atoms with Gasteiger partial charge in [0.2, 0.25) is 0 Å². The highest BCUT2D eigenvalue weighted by Gasteiger charge is 2.16. The van der Waals surface area contributed by atoms with Crippen molar-refractivity contribution in [2.75, 3.05) is 0 Å². The van der Waals surface area contributed by atoms with Gasteiger partial charge in [-0.05, 0) is 32.1 Å². The summed E-state index contributed by atoms with van der Waals surface area (Å²) >= 11 is 0. The summed E-state index contributed by atoms with van der Waals surface area (Å²) in [4.78, 5) is 0. The third kappa shape index (κ3) is 18.5. The minimum Gasteiger partial charge on any atom is -0.234 e. The van der Waals surface area contributed by atoms with Crippen LogP contribution in [0.15, 0.2) is 12.4 Å². The van der Waals surface area contributed by atoms with Gasteiger partial charge in [-0.1, -0.05) is 149 Å². The minimum absolute atomic E-state index is 1.22. The summed E-state index contributed by atoms with van der Waals surface area (Å²) < 4.78 is 5.22. The summed E-state index contributed by atoms with van der Waals surface area (Å²) in [6, 6.07) is 0. The Kier molecular flexibility index (Phi) is 23.9. The molecule has 0 aliphatic rings. The van der Waals surface area contributed by atoms with E-state index >= 15 is 0 Å². The lowest BCUT2D eigenvalue weighted by Crippen LogP contribution is -2.37. The summed E-state index contributed by atoms with van der Waals surface area (Å²) in [5.74, 6) is 1.61. The Balaban J connectivity index is 2.30. The largest absolute Gasteiger partial charge is 0.256 e. The molecule has 36 heavy (non-hydrogen) atoms. The Morgan fingerprint density at radius 1 is 0.472 bits per heavy atom. The van der Waals surface area contributed by atoms with E-state index in [4.69, 9.17) is 0 Å². The number of imidazole rings is 1. The van der Waals surface area contributed by atoms with E-state index in [9.17, 15) is 0 Å². The van der Waals surface area contributed by atoms with Gasteiger partial charge in [0, 0.05) is 6.42 Å². The zero-order valence-electron chi connectivity index (χ0n) is 25.3. The monoisotopic (exact) mass is 504 g/mol. The molecule has 2 nitrogen and oxygen atoms in total. The van der Waals surface area contributed by atoms with Gasteiger partial charge >= 0.3 is 0 Å². The molecule has 0 unspecified atom stereocenters. The normalized spacial score (nSPS) is 11.5. The average Bonchev–Trinajstić information content (AvgIpc) is 3.27. The molecule has 0 radical (unpaired) electrons. The van der Waals surface area contributed by atoms with Crippen LogP contribution < -0.4 is 4.57 Å². The summed E-state index contributed by atoms with van der Waals surface area (Å²) in [7, 11) is 0. The second-order valence-electron chi connectivity index (χ2n) is 11.6. The summed E-state index contributed by atoms with van der Waals surface area (Å²) in [6.45, 7) is 9.38. The molecule has 1 heterocycles. The molecule has 0 saturated carbocycles. The van der Waals surface area contributed by atoms with E-state index in [1.165, 1.54) is 180 Å². The second kappa shape index (κ2) is 25.8. The molecule has 0 spiro atoms. The molecule has 1 aromatic rings. The van der Waals surface area contributed by atoms with Crippen molar-refractivity contribution in [2.45, 2.75) is 201 Å². The fraction of sp³-hybridized carbons (Fsp3) is 0.912. The van der Waals surface area contributed by atoms with Crippen molar-refractivity contribution in [3.8, 4) is 0 Å². The Morgan fingerprint density at radius 3 is 1.33 bits per heavy atom. The fourth-order valence-corrected chi connectivity index (χ4v) is 5.62. The SMILES string of the molecule is CCCCCCCCCCCCCn1cc[n+](CCCCCCC)c1CCCCCCCCCCC. The number of rotatable bonds is 28. The molecule has 1 aromatic heterocycles. The van der Waals surface area contributed by atoms with Crippen LogP contribution in [-0.2, 0) is 19.5 Å². The van der Waals surface area contributed by atoms with Crippen LogP contribution in [0.5, 0.6) is 0 Å². The van der Waals surface area contributed by atoms with Crippen LogP contribution >= 0.6 is 0 Å². The number of aryl methyl sites for hydroxylation is 2. The topological polar surface area (TPSA) is 8.81 Å². The summed E-state index contributed by atoms with van der Waals surface area (Å²) in [6.07, 6.45) is 41.5. The van der Waals surface area contributed by atoms with E-state index in [1.54, 1.807) is 5.82 Å². The van der Waals surface area contributed by atoms with Crippen LogP contribution in [0, 0.1) is 0 Å². The third-order valence-corrected chi connectivity index (χ3v) is 8.10. The Hall–Kier alpha value is -0.790. The highest BCUT2D eigenvalue weighted by atomic mass is 15.1. The second-order valence-corrected chi connectivity index (χ2v) is 11.6. The lowest BCUT2D eigenvalue weighted by atomic mass is 10.1. The minimum atomic E-state index is 1.22. The van der Waals surface area contributed by atoms with E-state index < -0.39 is 0 Å². The van der Waals surface area contributed by atoms with Gasteiger partial charge in [0.25, 0.3) is 5.82 Å². The van der Waals surface area contributed by atoms with Crippen LogP contribution in [-0.4, -0.2) is 4.57 Å². The number of hydrogen-bond donors (Lipinski definition) is 0. The average molecular weight is 504 g/mol. The van der Waals surface area contributed by atoms with Crippen molar-refractivity contribution < 1.29 is 4.57 Å². The van der Waals surface area contributed by atoms with E-state index in [0.717, 1.165) is 0 Å². The molecule has 0 amide bonds. The molecular formula is C34H67N2+. The number of aromatic nitrogens is 2.